The van der Waals surface area contributed by atoms with Crippen molar-refractivity contribution in [2.24, 2.45) is 5.92 Å². The molecular formula is C16H23NO3. The van der Waals surface area contributed by atoms with Crippen molar-refractivity contribution in [1.29, 1.82) is 0 Å². The summed E-state index contributed by atoms with van der Waals surface area (Å²) < 4.78 is 5.37. The molecule has 1 amide bonds. The van der Waals surface area contributed by atoms with Crippen LogP contribution in [0.2, 0.25) is 0 Å². The number of unbranched alkanes of at least 4 members (excludes halogenated alkanes) is 1. The van der Waals surface area contributed by atoms with E-state index >= 15 is 0 Å². The van der Waals surface area contributed by atoms with Crippen LogP contribution in [0.5, 0.6) is 5.75 Å². The highest BCUT2D eigenvalue weighted by atomic mass is 16.5. The molecule has 0 unspecified atom stereocenters. The molecule has 0 spiro atoms. The summed E-state index contributed by atoms with van der Waals surface area (Å²) in [6.45, 7) is 5.71. The van der Waals surface area contributed by atoms with Crippen LogP contribution in [0.1, 0.15) is 40.0 Å². The van der Waals surface area contributed by atoms with Crippen molar-refractivity contribution in [2.75, 3.05) is 11.9 Å². The Morgan fingerprint density at radius 2 is 1.90 bits per heavy atom. The summed E-state index contributed by atoms with van der Waals surface area (Å²) in [5.74, 6) is 0.0562. The molecule has 110 valence electrons. The van der Waals surface area contributed by atoms with E-state index in [1.165, 1.54) is 4.90 Å². The molecule has 0 aliphatic carbocycles. The maximum absolute atomic E-state index is 12.0. The van der Waals surface area contributed by atoms with E-state index in [2.05, 4.69) is 0 Å². The van der Waals surface area contributed by atoms with Crippen molar-refractivity contribution in [1.82, 2.24) is 0 Å². The topological polar surface area (TPSA) is 46.6 Å². The number of nitrogens with zero attached hydrogens (tertiary/aromatic N) is 1. The number of carbonyl (C=O) groups excluding carboxylic acids is 2. The summed E-state index contributed by atoms with van der Waals surface area (Å²) in [4.78, 5) is 25.3. The number of esters is 1. The lowest BCUT2D eigenvalue weighted by Crippen LogP contribution is -2.30. The molecule has 0 fully saturated rings. The van der Waals surface area contributed by atoms with E-state index in [0.717, 1.165) is 12.8 Å². The standard InChI is InChI=1S/C16H23NO3/c1-5-6-11-15(18)20-14-10-8-7-9-13(14)17(4)16(19)12(2)3/h7-10,12H,5-6,11H2,1-4H3. The lowest BCUT2D eigenvalue weighted by Gasteiger charge is -2.21. The molecule has 0 radical (unpaired) electrons. The number of rotatable bonds is 6. The van der Waals surface area contributed by atoms with E-state index < -0.39 is 0 Å². The van der Waals surface area contributed by atoms with Crippen molar-refractivity contribution in [3.8, 4) is 5.75 Å². The highest BCUT2D eigenvalue weighted by Gasteiger charge is 2.19. The minimum absolute atomic E-state index is 0.0120. The van der Waals surface area contributed by atoms with Gasteiger partial charge in [-0.1, -0.05) is 39.3 Å². The van der Waals surface area contributed by atoms with Crippen LogP contribution in [0.4, 0.5) is 5.69 Å². The van der Waals surface area contributed by atoms with Gasteiger partial charge in [0.1, 0.15) is 0 Å². The maximum Gasteiger partial charge on any atom is 0.311 e. The monoisotopic (exact) mass is 277 g/mol. The molecule has 0 saturated heterocycles. The van der Waals surface area contributed by atoms with E-state index in [9.17, 15) is 9.59 Å². The molecule has 0 heterocycles. The van der Waals surface area contributed by atoms with Crippen molar-refractivity contribution in [2.45, 2.75) is 40.0 Å². The number of para-hydroxylation sites is 2. The van der Waals surface area contributed by atoms with Crippen molar-refractivity contribution in [3.63, 3.8) is 0 Å². The van der Waals surface area contributed by atoms with Crippen LogP contribution in [0.25, 0.3) is 0 Å². The van der Waals surface area contributed by atoms with Gasteiger partial charge in [-0.2, -0.15) is 0 Å². The van der Waals surface area contributed by atoms with Gasteiger partial charge in [-0.05, 0) is 18.6 Å². The third-order valence-electron chi connectivity index (χ3n) is 3.01. The summed E-state index contributed by atoms with van der Waals surface area (Å²) >= 11 is 0. The molecule has 0 aliphatic rings. The van der Waals surface area contributed by atoms with Crippen molar-refractivity contribution >= 4 is 17.6 Å². The number of benzene rings is 1. The van der Waals surface area contributed by atoms with Crippen molar-refractivity contribution < 1.29 is 14.3 Å². The summed E-state index contributed by atoms with van der Waals surface area (Å²) in [6.07, 6.45) is 2.15. The minimum Gasteiger partial charge on any atom is -0.424 e. The zero-order chi connectivity index (χ0) is 15.1. The van der Waals surface area contributed by atoms with E-state index in [1.54, 1.807) is 25.2 Å². The molecule has 0 atom stereocenters. The first-order valence-corrected chi connectivity index (χ1v) is 7.04. The van der Waals surface area contributed by atoms with Gasteiger partial charge >= 0.3 is 5.97 Å². The first kappa shape index (κ1) is 16.2. The highest BCUT2D eigenvalue weighted by molar-refractivity contribution is 5.95. The highest BCUT2D eigenvalue weighted by Crippen LogP contribution is 2.28. The van der Waals surface area contributed by atoms with Gasteiger partial charge in [0.15, 0.2) is 5.75 Å². The Balaban J connectivity index is 2.88. The third-order valence-corrected chi connectivity index (χ3v) is 3.01. The van der Waals surface area contributed by atoms with Gasteiger partial charge in [0.25, 0.3) is 0 Å². The van der Waals surface area contributed by atoms with Crippen LogP contribution in [0.15, 0.2) is 24.3 Å². The van der Waals surface area contributed by atoms with Gasteiger partial charge in [0.05, 0.1) is 5.69 Å². The van der Waals surface area contributed by atoms with Gasteiger partial charge in [0.2, 0.25) is 5.91 Å². The van der Waals surface area contributed by atoms with Crippen LogP contribution in [-0.4, -0.2) is 18.9 Å². The third kappa shape index (κ3) is 4.37. The number of hydrogen-bond acceptors (Lipinski definition) is 3. The molecule has 0 N–H and O–H groups in total. The van der Waals surface area contributed by atoms with E-state index in [0.29, 0.717) is 17.9 Å². The summed E-state index contributed by atoms with van der Waals surface area (Å²) in [5.41, 5.74) is 0.621. The summed E-state index contributed by atoms with van der Waals surface area (Å²) in [5, 5.41) is 0. The fourth-order valence-electron chi connectivity index (χ4n) is 1.82. The molecule has 0 aliphatic heterocycles. The number of anilines is 1. The first-order valence-electron chi connectivity index (χ1n) is 7.04. The average molecular weight is 277 g/mol. The second-order valence-electron chi connectivity index (χ2n) is 5.10. The molecule has 4 nitrogen and oxygen atoms in total. The summed E-state index contributed by atoms with van der Waals surface area (Å²) in [7, 11) is 1.70. The Morgan fingerprint density at radius 1 is 1.25 bits per heavy atom. The SMILES string of the molecule is CCCCC(=O)Oc1ccccc1N(C)C(=O)C(C)C. The molecular weight excluding hydrogens is 254 g/mol. The Bertz CT molecular complexity index is 469. The van der Waals surface area contributed by atoms with Gasteiger partial charge < -0.3 is 9.64 Å². The predicted octanol–water partition coefficient (Wildman–Crippen LogP) is 3.40. The largest absolute Gasteiger partial charge is 0.424 e. The van der Waals surface area contributed by atoms with Crippen LogP contribution in [0, 0.1) is 5.92 Å². The van der Waals surface area contributed by atoms with Gasteiger partial charge in [-0.15, -0.1) is 0 Å². The zero-order valence-electron chi connectivity index (χ0n) is 12.7. The molecule has 0 aromatic heterocycles. The normalized spacial score (nSPS) is 10.4. The molecule has 0 bridgehead atoms. The second kappa shape index (κ2) is 7.68. The molecule has 20 heavy (non-hydrogen) atoms. The zero-order valence-corrected chi connectivity index (χ0v) is 12.7. The van der Waals surface area contributed by atoms with Crippen LogP contribution < -0.4 is 9.64 Å². The molecule has 1 aromatic rings. The van der Waals surface area contributed by atoms with Gasteiger partial charge in [0, 0.05) is 19.4 Å². The Morgan fingerprint density at radius 3 is 2.50 bits per heavy atom. The Hall–Kier alpha value is -1.84. The molecule has 0 saturated carbocycles. The Kier molecular flexibility index (Phi) is 6.22. The van der Waals surface area contributed by atoms with Crippen LogP contribution in [0.3, 0.4) is 0 Å². The number of ether oxygens (including phenoxy) is 1. The summed E-state index contributed by atoms with van der Waals surface area (Å²) in [6, 6.07) is 7.11. The first-order chi connectivity index (χ1) is 9.47. The minimum atomic E-state index is -0.260. The van der Waals surface area contributed by atoms with Gasteiger partial charge in [-0.3, -0.25) is 9.59 Å². The van der Waals surface area contributed by atoms with E-state index in [-0.39, 0.29) is 17.8 Å². The fourth-order valence-corrected chi connectivity index (χ4v) is 1.82. The molecule has 1 rings (SSSR count). The van der Waals surface area contributed by atoms with E-state index in [4.69, 9.17) is 4.74 Å². The van der Waals surface area contributed by atoms with Crippen molar-refractivity contribution in [3.05, 3.63) is 24.3 Å². The predicted molar refractivity (Wildman–Crippen MR) is 79.9 cm³/mol. The average Bonchev–Trinajstić information content (AvgIpc) is 2.44. The maximum atomic E-state index is 12.0. The molecule has 1 aromatic carbocycles. The number of hydrogen-bond donors (Lipinski definition) is 0. The number of amides is 1. The molecule has 4 heteroatoms. The number of carbonyl (C=O) groups is 2. The second-order valence-corrected chi connectivity index (χ2v) is 5.10. The lowest BCUT2D eigenvalue weighted by atomic mass is 10.1. The fraction of sp³-hybridized carbons (Fsp3) is 0.500. The van der Waals surface area contributed by atoms with Crippen LogP contribution >= 0.6 is 0 Å². The lowest BCUT2D eigenvalue weighted by molar-refractivity contribution is -0.134. The smallest absolute Gasteiger partial charge is 0.311 e. The van der Waals surface area contributed by atoms with Crippen LogP contribution in [-0.2, 0) is 9.59 Å². The van der Waals surface area contributed by atoms with E-state index in [1.807, 2.05) is 26.8 Å². The quantitative estimate of drug-likeness (QED) is 0.591. The van der Waals surface area contributed by atoms with Gasteiger partial charge in [-0.25, -0.2) is 0 Å². The Labute approximate surface area is 120 Å².